The van der Waals surface area contributed by atoms with Gasteiger partial charge in [-0.15, -0.1) is 0 Å². The summed E-state index contributed by atoms with van der Waals surface area (Å²) in [4.78, 5) is 11.5. The summed E-state index contributed by atoms with van der Waals surface area (Å²) in [6.45, 7) is 0. The Bertz CT molecular complexity index is 1070. The van der Waals surface area contributed by atoms with Crippen molar-refractivity contribution in [1.29, 1.82) is 0 Å². The van der Waals surface area contributed by atoms with Crippen molar-refractivity contribution in [3.8, 4) is 22.3 Å². The van der Waals surface area contributed by atoms with Crippen molar-refractivity contribution in [2.24, 2.45) is 0 Å². The van der Waals surface area contributed by atoms with E-state index in [0.29, 0.717) is 8.58 Å². The molecule has 0 fully saturated rings. The van der Waals surface area contributed by atoms with Crippen molar-refractivity contribution in [2.45, 2.75) is 0 Å². The minimum absolute atomic E-state index is 0.524. The van der Waals surface area contributed by atoms with E-state index >= 15 is 0 Å². The van der Waals surface area contributed by atoms with Gasteiger partial charge in [0.15, 0.2) is 6.29 Å². The molecule has 4 rings (SSSR count). The van der Waals surface area contributed by atoms with Crippen LogP contribution in [0, 0.1) is 0 Å². The third kappa shape index (κ3) is 3.89. The maximum absolute atomic E-state index is 11.5. The summed E-state index contributed by atoms with van der Waals surface area (Å²) in [5, 5.41) is 2.53. The zero-order valence-corrected chi connectivity index (χ0v) is 15.8. The fourth-order valence-electron chi connectivity index (χ4n) is 3.23. The molecule has 0 heterocycles. The van der Waals surface area contributed by atoms with Gasteiger partial charge in [-0.1, -0.05) is 106 Å². The average molecular weight is 366 g/mol. The quantitative estimate of drug-likeness (QED) is 0.338. The van der Waals surface area contributed by atoms with Crippen LogP contribution in [-0.2, 0) is 0 Å². The smallest absolute Gasteiger partial charge is 0.150 e. The van der Waals surface area contributed by atoms with Crippen molar-refractivity contribution < 1.29 is 4.79 Å². The van der Waals surface area contributed by atoms with Crippen LogP contribution in [0.15, 0.2) is 103 Å². The zero-order chi connectivity index (χ0) is 18.5. The summed E-state index contributed by atoms with van der Waals surface area (Å²) in [7, 11) is 0.524. The Morgan fingerprint density at radius 3 is 2.07 bits per heavy atom. The summed E-state index contributed by atoms with van der Waals surface area (Å²) in [6, 6.07) is 35.3. The summed E-state index contributed by atoms with van der Waals surface area (Å²) >= 11 is 0. The lowest BCUT2D eigenvalue weighted by atomic mass is 10.0. The van der Waals surface area contributed by atoms with Crippen molar-refractivity contribution in [1.82, 2.24) is 0 Å². The first-order chi connectivity index (χ1) is 13.3. The molecule has 1 atom stereocenters. The highest BCUT2D eigenvalue weighted by molar-refractivity contribution is 7.55. The normalized spacial score (nSPS) is 11.0. The lowest BCUT2D eigenvalue weighted by Gasteiger charge is -2.12. The molecule has 0 aliphatic rings. The van der Waals surface area contributed by atoms with Crippen LogP contribution in [0.3, 0.4) is 0 Å². The molecule has 4 aromatic carbocycles. The molecule has 1 unspecified atom stereocenters. The maximum Gasteiger partial charge on any atom is 0.150 e. The molecular formula is C25H19OP. The average Bonchev–Trinajstić information content (AvgIpc) is 2.75. The minimum Gasteiger partial charge on any atom is -0.298 e. The number of hydrogen-bond acceptors (Lipinski definition) is 1. The lowest BCUT2D eigenvalue weighted by molar-refractivity contribution is 0.112. The minimum atomic E-state index is 0.524. The van der Waals surface area contributed by atoms with Crippen LogP contribution in [0.2, 0.25) is 0 Å². The van der Waals surface area contributed by atoms with E-state index < -0.39 is 0 Å². The summed E-state index contributed by atoms with van der Waals surface area (Å²) < 4.78 is 0. The first-order valence-corrected chi connectivity index (χ1v) is 9.91. The molecular weight excluding hydrogens is 347 g/mol. The summed E-state index contributed by atoms with van der Waals surface area (Å²) in [5.41, 5.74) is 5.31. The van der Waals surface area contributed by atoms with Crippen molar-refractivity contribution in [3.63, 3.8) is 0 Å². The molecule has 0 amide bonds. The van der Waals surface area contributed by atoms with Gasteiger partial charge in [-0.05, 0) is 38.9 Å². The van der Waals surface area contributed by atoms with Crippen LogP contribution < -0.4 is 10.6 Å². The van der Waals surface area contributed by atoms with Crippen molar-refractivity contribution in [3.05, 3.63) is 109 Å². The molecule has 1 nitrogen and oxygen atoms in total. The fourth-order valence-corrected chi connectivity index (χ4v) is 4.49. The molecule has 0 spiro atoms. The monoisotopic (exact) mass is 366 g/mol. The molecule has 0 aliphatic carbocycles. The number of rotatable bonds is 5. The van der Waals surface area contributed by atoms with Gasteiger partial charge in [-0.3, -0.25) is 4.79 Å². The second-order valence-electron chi connectivity index (χ2n) is 6.32. The molecule has 0 saturated heterocycles. The Labute approximate surface area is 161 Å². The highest BCUT2D eigenvalue weighted by Crippen LogP contribution is 2.27. The predicted octanol–water partition coefficient (Wildman–Crippen LogP) is 5.46. The van der Waals surface area contributed by atoms with E-state index in [2.05, 4.69) is 66.7 Å². The number of benzene rings is 4. The van der Waals surface area contributed by atoms with Gasteiger partial charge in [0.2, 0.25) is 0 Å². The molecule has 0 N–H and O–H groups in total. The van der Waals surface area contributed by atoms with Crippen LogP contribution >= 0.6 is 8.58 Å². The Morgan fingerprint density at radius 2 is 1.26 bits per heavy atom. The number of carbonyl (C=O) groups excluding carboxylic acids is 1. The predicted molar refractivity (Wildman–Crippen MR) is 117 cm³/mol. The Hall–Kier alpha value is -3.02. The van der Waals surface area contributed by atoms with Gasteiger partial charge in [-0.25, -0.2) is 0 Å². The van der Waals surface area contributed by atoms with Crippen molar-refractivity contribution in [2.75, 3.05) is 0 Å². The van der Waals surface area contributed by atoms with Gasteiger partial charge in [0.25, 0.3) is 0 Å². The van der Waals surface area contributed by atoms with Gasteiger partial charge < -0.3 is 0 Å². The highest BCUT2D eigenvalue weighted by Gasteiger charge is 2.09. The van der Waals surface area contributed by atoms with Crippen LogP contribution in [0.4, 0.5) is 0 Å². The molecule has 4 aromatic rings. The third-order valence-electron chi connectivity index (χ3n) is 4.55. The van der Waals surface area contributed by atoms with Crippen LogP contribution in [0.25, 0.3) is 22.3 Å². The van der Waals surface area contributed by atoms with Gasteiger partial charge in [-0.2, -0.15) is 0 Å². The largest absolute Gasteiger partial charge is 0.298 e. The topological polar surface area (TPSA) is 17.1 Å². The first-order valence-electron chi connectivity index (χ1n) is 8.91. The molecule has 27 heavy (non-hydrogen) atoms. The number of hydrogen-bond donors (Lipinski definition) is 0. The molecule has 0 aliphatic heterocycles. The van der Waals surface area contributed by atoms with E-state index in [9.17, 15) is 4.79 Å². The van der Waals surface area contributed by atoms with E-state index in [1.165, 1.54) is 21.7 Å². The van der Waals surface area contributed by atoms with Gasteiger partial charge in [0, 0.05) is 5.56 Å². The second kappa shape index (κ2) is 8.12. The van der Waals surface area contributed by atoms with E-state index in [1.807, 2.05) is 36.4 Å². The van der Waals surface area contributed by atoms with E-state index in [4.69, 9.17) is 0 Å². The van der Waals surface area contributed by atoms with Crippen molar-refractivity contribution >= 4 is 25.5 Å². The number of carbonyl (C=O) groups is 1. The van der Waals surface area contributed by atoms with Gasteiger partial charge in [0.05, 0.1) is 0 Å². The van der Waals surface area contributed by atoms with E-state index in [1.54, 1.807) is 0 Å². The molecule has 0 radical (unpaired) electrons. The Morgan fingerprint density at radius 1 is 0.593 bits per heavy atom. The molecule has 0 saturated carbocycles. The van der Waals surface area contributed by atoms with Gasteiger partial charge in [0.1, 0.15) is 0 Å². The Balaban J connectivity index is 1.72. The summed E-state index contributed by atoms with van der Waals surface area (Å²) in [6.07, 6.45) is 0.936. The van der Waals surface area contributed by atoms with E-state index in [-0.39, 0.29) is 0 Å². The lowest BCUT2D eigenvalue weighted by Crippen LogP contribution is -2.07. The molecule has 0 bridgehead atoms. The SMILES string of the molecule is O=Cc1ccccc1-c1ccccc1Pc1cccc(-c2ccccc2)c1. The summed E-state index contributed by atoms with van der Waals surface area (Å²) in [5.74, 6) is 0. The van der Waals surface area contributed by atoms with E-state index in [0.717, 1.165) is 23.0 Å². The fraction of sp³-hybridized carbons (Fsp3) is 0. The van der Waals surface area contributed by atoms with Crippen LogP contribution in [0.5, 0.6) is 0 Å². The maximum atomic E-state index is 11.5. The van der Waals surface area contributed by atoms with Crippen LogP contribution in [0.1, 0.15) is 10.4 Å². The third-order valence-corrected chi connectivity index (χ3v) is 5.86. The highest BCUT2D eigenvalue weighted by atomic mass is 31.1. The van der Waals surface area contributed by atoms with Crippen LogP contribution in [-0.4, -0.2) is 6.29 Å². The molecule has 2 heteroatoms. The standard InChI is InChI=1S/C25H19OP/c26-18-21-11-4-5-14-23(21)24-15-6-7-16-25(24)27-22-13-8-12-20(17-22)19-9-2-1-3-10-19/h1-18,27H. The molecule has 0 aromatic heterocycles. The second-order valence-corrected chi connectivity index (χ2v) is 7.69. The first kappa shape index (κ1) is 17.4. The zero-order valence-electron chi connectivity index (χ0n) is 14.8. The number of aldehydes is 1. The molecule has 130 valence electrons. The van der Waals surface area contributed by atoms with Gasteiger partial charge >= 0.3 is 0 Å². The Kier molecular flexibility index (Phi) is 5.23.